The lowest BCUT2D eigenvalue weighted by Crippen LogP contribution is -2.52. The topological polar surface area (TPSA) is 86.8 Å². The van der Waals surface area contributed by atoms with Crippen LogP contribution in [-0.2, 0) is 26.2 Å². The molecule has 174 valence electrons. The van der Waals surface area contributed by atoms with E-state index in [2.05, 4.69) is 5.32 Å². The van der Waals surface area contributed by atoms with Crippen molar-refractivity contribution in [1.29, 1.82) is 0 Å². The number of para-hydroxylation sites is 1. The highest BCUT2D eigenvalue weighted by Gasteiger charge is 2.31. The van der Waals surface area contributed by atoms with Crippen molar-refractivity contribution >= 4 is 39.1 Å². The molecule has 0 saturated heterocycles. The molecular formula is C23H30ClN3O4S. The maximum absolute atomic E-state index is 13.5. The van der Waals surface area contributed by atoms with Crippen LogP contribution in [-0.4, -0.2) is 50.5 Å². The molecule has 0 bridgehead atoms. The zero-order valence-corrected chi connectivity index (χ0v) is 20.2. The summed E-state index contributed by atoms with van der Waals surface area (Å²) in [6.07, 6.45) is 2.18. The molecule has 7 nitrogen and oxygen atoms in total. The average molecular weight is 480 g/mol. The first-order valence-corrected chi connectivity index (χ1v) is 12.7. The number of rotatable bonds is 11. The second-order valence-electron chi connectivity index (χ2n) is 7.43. The summed E-state index contributed by atoms with van der Waals surface area (Å²) in [7, 11) is -3.74. The lowest BCUT2D eigenvalue weighted by molar-refractivity contribution is -0.140. The van der Waals surface area contributed by atoms with Crippen molar-refractivity contribution in [2.75, 3.05) is 23.7 Å². The normalized spacial score (nSPS) is 12.1. The predicted molar refractivity (Wildman–Crippen MR) is 128 cm³/mol. The third-order valence-electron chi connectivity index (χ3n) is 4.96. The number of hydrogen-bond donors (Lipinski definition) is 1. The van der Waals surface area contributed by atoms with Crippen LogP contribution < -0.4 is 9.62 Å². The average Bonchev–Trinajstić information content (AvgIpc) is 2.76. The lowest BCUT2D eigenvalue weighted by atomic mass is 10.1. The van der Waals surface area contributed by atoms with Gasteiger partial charge in [0.25, 0.3) is 0 Å². The first-order valence-electron chi connectivity index (χ1n) is 10.5. The van der Waals surface area contributed by atoms with Gasteiger partial charge < -0.3 is 10.2 Å². The molecule has 0 radical (unpaired) electrons. The van der Waals surface area contributed by atoms with E-state index in [0.29, 0.717) is 29.2 Å². The standard InChI is InChI=1S/C23H30ClN3O4S/c1-4-15-25-23(29)21(5-2)26(16-18-11-9-10-14-20(18)24)22(28)17-27(32(3,30)31)19-12-7-6-8-13-19/h6-14,21H,4-5,15-17H2,1-3H3,(H,25,29)/t21-/m0/s1. The Morgan fingerprint density at radius 3 is 2.22 bits per heavy atom. The fourth-order valence-electron chi connectivity index (χ4n) is 3.30. The molecule has 2 amide bonds. The monoisotopic (exact) mass is 479 g/mol. The van der Waals surface area contributed by atoms with Crippen molar-refractivity contribution in [3.8, 4) is 0 Å². The summed E-state index contributed by atoms with van der Waals surface area (Å²) in [5.74, 6) is -0.766. The number of nitrogens with one attached hydrogen (secondary N) is 1. The predicted octanol–water partition coefficient (Wildman–Crippen LogP) is 3.44. The number of halogens is 1. The molecule has 0 aliphatic heterocycles. The number of carbonyl (C=O) groups excluding carboxylic acids is 2. The van der Waals surface area contributed by atoms with Gasteiger partial charge in [0.05, 0.1) is 11.9 Å². The second-order valence-corrected chi connectivity index (χ2v) is 9.75. The SMILES string of the molecule is CCCNC(=O)[C@H](CC)N(Cc1ccccc1Cl)C(=O)CN(c1ccccc1)S(C)(=O)=O. The molecule has 0 aromatic heterocycles. The van der Waals surface area contributed by atoms with Crippen molar-refractivity contribution < 1.29 is 18.0 Å². The summed E-state index contributed by atoms with van der Waals surface area (Å²) in [6, 6.07) is 14.7. The fourth-order valence-corrected chi connectivity index (χ4v) is 4.35. The minimum Gasteiger partial charge on any atom is -0.354 e. The Bertz CT molecular complexity index is 1010. The molecule has 9 heteroatoms. The van der Waals surface area contributed by atoms with Crippen molar-refractivity contribution in [1.82, 2.24) is 10.2 Å². The van der Waals surface area contributed by atoms with Gasteiger partial charge in [0.2, 0.25) is 21.8 Å². The largest absolute Gasteiger partial charge is 0.354 e. The van der Waals surface area contributed by atoms with Crippen LogP contribution in [0.5, 0.6) is 0 Å². The molecular weight excluding hydrogens is 450 g/mol. The van der Waals surface area contributed by atoms with Crippen LogP contribution in [0.2, 0.25) is 5.02 Å². The first-order chi connectivity index (χ1) is 15.2. The zero-order valence-electron chi connectivity index (χ0n) is 18.6. The van der Waals surface area contributed by atoms with E-state index in [1.54, 1.807) is 54.6 Å². The molecule has 0 fully saturated rings. The zero-order chi connectivity index (χ0) is 23.7. The van der Waals surface area contributed by atoms with Gasteiger partial charge in [0.1, 0.15) is 12.6 Å². The Morgan fingerprint density at radius 2 is 1.66 bits per heavy atom. The number of benzene rings is 2. The quantitative estimate of drug-likeness (QED) is 0.534. The Labute approximate surface area is 195 Å². The van der Waals surface area contributed by atoms with Crippen LogP contribution in [0.25, 0.3) is 0 Å². The number of amides is 2. The molecule has 0 aliphatic rings. The highest BCUT2D eigenvalue weighted by atomic mass is 35.5. The Morgan fingerprint density at radius 1 is 1.03 bits per heavy atom. The van der Waals surface area contributed by atoms with Crippen molar-refractivity contribution in [2.45, 2.75) is 39.3 Å². The summed E-state index contributed by atoms with van der Waals surface area (Å²) >= 11 is 6.31. The summed E-state index contributed by atoms with van der Waals surface area (Å²) in [4.78, 5) is 27.7. The highest BCUT2D eigenvalue weighted by molar-refractivity contribution is 7.92. The first kappa shape index (κ1) is 25.7. The minimum atomic E-state index is -3.74. The smallest absolute Gasteiger partial charge is 0.244 e. The van der Waals surface area contributed by atoms with Crippen LogP contribution in [0.4, 0.5) is 5.69 Å². The Kier molecular flexibility index (Phi) is 9.53. The molecule has 32 heavy (non-hydrogen) atoms. The van der Waals surface area contributed by atoms with Crippen LogP contribution >= 0.6 is 11.6 Å². The maximum atomic E-state index is 13.5. The number of anilines is 1. The third-order valence-corrected chi connectivity index (χ3v) is 6.47. The van der Waals surface area contributed by atoms with Gasteiger partial charge in [-0.1, -0.05) is 61.8 Å². The Hall–Kier alpha value is -2.58. The van der Waals surface area contributed by atoms with Gasteiger partial charge in [-0.3, -0.25) is 13.9 Å². The summed E-state index contributed by atoms with van der Waals surface area (Å²) in [6.45, 7) is 3.91. The van der Waals surface area contributed by atoms with E-state index in [1.165, 1.54) is 4.90 Å². The van der Waals surface area contributed by atoms with Gasteiger partial charge in [0.15, 0.2) is 0 Å². The Balaban J connectivity index is 2.41. The molecule has 0 spiro atoms. The molecule has 0 heterocycles. The number of sulfonamides is 1. The molecule has 1 N–H and O–H groups in total. The van der Waals surface area contributed by atoms with Gasteiger partial charge in [-0.2, -0.15) is 0 Å². The summed E-state index contributed by atoms with van der Waals surface area (Å²) in [5.41, 5.74) is 1.06. The maximum Gasteiger partial charge on any atom is 0.244 e. The van der Waals surface area contributed by atoms with E-state index in [-0.39, 0.29) is 12.5 Å². The van der Waals surface area contributed by atoms with E-state index in [1.807, 2.05) is 13.8 Å². The molecule has 2 aromatic rings. The highest BCUT2D eigenvalue weighted by Crippen LogP contribution is 2.22. The van der Waals surface area contributed by atoms with Gasteiger partial charge >= 0.3 is 0 Å². The third kappa shape index (κ3) is 6.97. The summed E-state index contributed by atoms with van der Waals surface area (Å²) in [5, 5.41) is 3.31. The van der Waals surface area contributed by atoms with E-state index in [4.69, 9.17) is 11.6 Å². The number of carbonyl (C=O) groups is 2. The van der Waals surface area contributed by atoms with Crippen LogP contribution in [0.1, 0.15) is 32.3 Å². The van der Waals surface area contributed by atoms with Crippen LogP contribution in [0.3, 0.4) is 0 Å². The van der Waals surface area contributed by atoms with Gasteiger partial charge in [-0.25, -0.2) is 8.42 Å². The fraction of sp³-hybridized carbons (Fsp3) is 0.391. The molecule has 0 unspecified atom stereocenters. The van der Waals surface area contributed by atoms with E-state index in [9.17, 15) is 18.0 Å². The molecule has 2 rings (SSSR count). The lowest BCUT2D eigenvalue weighted by Gasteiger charge is -2.33. The van der Waals surface area contributed by atoms with Crippen molar-refractivity contribution in [2.24, 2.45) is 0 Å². The summed E-state index contributed by atoms with van der Waals surface area (Å²) < 4.78 is 26.0. The van der Waals surface area contributed by atoms with Crippen molar-refractivity contribution in [3.05, 3.63) is 65.2 Å². The number of nitrogens with zero attached hydrogens (tertiary/aromatic N) is 2. The molecule has 0 aliphatic carbocycles. The van der Waals surface area contributed by atoms with Gasteiger partial charge in [0, 0.05) is 18.1 Å². The molecule has 1 atom stereocenters. The van der Waals surface area contributed by atoms with Crippen LogP contribution in [0, 0.1) is 0 Å². The molecule has 0 saturated carbocycles. The number of hydrogen-bond acceptors (Lipinski definition) is 4. The second kappa shape index (κ2) is 11.9. The molecule has 2 aromatic carbocycles. The van der Waals surface area contributed by atoms with Crippen molar-refractivity contribution in [3.63, 3.8) is 0 Å². The van der Waals surface area contributed by atoms with Gasteiger partial charge in [-0.15, -0.1) is 0 Å². The van der Waals surface area contributed by atoms with Gasteiger partial charge in [-0.05, 0) is 36.6 Å². The minimum absolute atomic E-state index is 0.0863. The van der Waals surface area contributed by atoms with E-state index >= 15 is 0 Å². The van der Waals surface area contributed by atoms with Crippen LogP contribution in [0.15, 0.2) is 54.6 Å². The van der Waals surface area contributed by atoms with E-state index in [0.717, 1.165) is 17.0 Å². The van der Waals surface area contributed by atoms with E-state index < -0.39 is 28.5 Å².